The van der Waals surface area contributed by atoms with Gasteiger partial charge in [0.05, 0.1) is 16.0 Å². The Morgan fingerprint density at radius 3 is 2.32 bits per heavy atom. The maximum Gasteiger partial charge on any atom is 0.417 e. The average Bonchev–Trinajstić information content (AvgIpc) is 3.66. The maximum atomic E-state index is 13.6. The minimum atomic E-state index is -4.65. The van der Waals surface area contributed by atoms with E-state index in [1.54, 1.807) is 18.2 Å². The molecule has 1 saturated carbocycles. The van der Waals surface area contributed by atoms with E-state index >= 15 is 0 Å². The van der Waals surface area contributed by atoms with Crippen molar-refractivity contribution >= 4 is 46.6 Å². The summed E-state index contributed by atoms with van der Waals surface area (Å²) in [5, 5.41) is 6.29. The molecule has 6 rings (SSSR count). The standard InChI is InChI=1S/C27H27Cl3F3N3O2/c28-17-2-3-18(21(30)13-17)26(7-8-26)25(38)35-22(12-15-1-4-20(29)19(11-15)27(31,32)33)24(37)34-23-14-36-9-5-16(23)6-10-36/h1-4,11,13,16,22-23H,5-10,12,14H2,(H,34,37)(H,35,38)/t22-,23+/m0/s1. The van der Waals surface area contributed by atoms with Crippen LogP contribution in [0, 0.1) is 5.92 Å². The number of carbonyl (C=O) groups excluding carboxylic acids is 2. The molecule has 2 amide bonds. The zero-order valence-corrected chi connectivity index (χ0v) is 22.7. The van der Waals surface area contributed by atoms with Crippen LogP contribution in [0.15, 0.2) is 36.4 Å². The highest BCUT2D eigenvalue weighted by Gasteiger charge is 2.53. The molecule has 0 radical (unpaired) electrons. The van der Waals surface area contributed by atoms with Gasteiger partial charge in [-0.3, -0.25) is 9.59 Å². The number of nitrogens with zero attached hydrogens (tertiary/aromatic N) is 1. The van der Waals surface area contributed by atoms with Gasteiger partial charge in [-0.05, 0) is 80.1 Å². The van der Waals surface area contributed by atoms with Crippen LogP contribution in [0.1, 0.15) is 42.4 Å². The van der Waals surface area contributed by atoms with Crippen LogP contribution in [-0.2, 0) is 27.6 Å². The van der Waals surface area contributed by atoms with Gasteiger partial charge >= 0.3 is 6.18 Å². The number of hydrogen-bond acceptors (Lipinski definition) is 3. The van der Waals surface area contributed by atoms with E-state index < -0.39 is 34.1 Å². The fourth-order valence-electron chi connectivity index (χ4n) is 5.69. The highest BCUT2D eigenvalue weighted by Crippen LogP contribution is 2.51. The molecule has 2 bridgehead atoms. The van der Waals surface area contributed by atoms with Crippen LogP contribution in [0.2, 0.25) is 15.1 Å². The molecule has 3 heterocycles. The first kappa shape index (κ1) is 27.6. The number of hydrogen-bond donors (Lipinski definition) is 2. The third-order valence-electron chi connectivity index (χ3n) is 8.01. The first-order valence-corrected chi connectivity index (χ1v) is 13.7. The van der Waals surface area contributed by atoms with Gasteiger partial charge in [-0.1, -0.05) is 46.9 Å². The lowest BCUT2D eigenvalue weighted by Crippen LogP contribution is -2.60. The van der Waals surface area contributed by atoms with Crippen molar-refractivity contribution in [1.82, 2.24) is 15.5 Å². The summed E-state index contributed by atoms with van der Waals surface area (Å²) in [7, 11) is 0. The van der Waals surface area contributed by atoms with Crippen molar-refractivity contribution in [3.8, 4) is 0 Å². The fourth-order valence-corrected chi connectivity index (χ4v) is 6.51. The topological polar surface area (TPSA) is 61.4 Å². The second kappa shape index (κ2) is 10.5. The second-order valence-corrected chi connectivity index (χ2v) is 11.8. The highest BCUT2D eigenvalue weighted by molar-refractivity contribution is 6.35. The Morgan fingerprint density at radius 1 is 1.03 bits per heavy atom. The zero-order chi connectivity index (χ0) is 27.2. The number of piperidine rings is 3. The minimum Gasteiger partial charge on any atom is -0.350 e. The van der Waals surface area contributed by atoms with E-state index in [0.29, 0.717) is 34.4 Å². The number of fused-ring (bicyclic) bond motifs is 3. The molecule has 11 heteroatoms. The molecule has 2 aromatic rings. The van der Waals surface area contributed by atoms with Crippen LogP contribution >= 0.6 is 34.8 Å². The number of alkyl halides is 3. The molecule has 2 aromatic carbocycles. The highest BCUT2D eigenvalue weighted by atomic mass is 35.5. The first-order valence-electron chi connectivity index (χ1n) is 12.6. The first-order chi connectivity index (χ1) is 18.0. The van der Waals surface area contributed by atoms with Crippen molar-refractivity contribution in [2.75, 3.05) is 19.6 Å². The van der Waals surface area contributed by atoms with Gasteiger partial charge in [-0.2, -0.15) is 13.2 Å². The van der Waals surface area contributed by atoms with Gasteiger partial charge in [0.15, 0.2) is 0 Å². The number of amides is 2. The van der Waals surface area contributed by atoms with E-state index in [4.69, 9.17) is 34.8 Å². The van der Waals surface area contributed by atoms with Crippen LogP contribution in [0.5, 0.6) is 0 Å². The van der Waals surface area contributed by atoms with Crippen molar-refractivity contribution in [3.05, 3.63) is 68.2 Å². The third-order valence-corrected chi connectivity index (χ3v) is 8.89. The van der Waals surface area contributed by atoms with E-state index in [0.717, 1.165) is 38.5 Å². The molecule has 204 valence electrons. The van der Waals surface area contributed by atoms with E-state index in [1.807, 2.05) is 0 Å². The lowest BCUT2D eigenvalue weighted by atomic mass is 9.84. The lowest BCUT2D eigenvalue weighted by molar-refractivity contribution is -0.137. The van der Waals surface area contributed by atoms with E-state index in [-0.39, 0.29) is 23.9 Å². The molecule has 38 heavy (non-hydrogen) atoms. The minimum absolute atomic E-state index is 0.0686. The van der Waals surface area contributed by atoms with Crippen LogP contribution in [0.4, 0.5) is 13.2 Å². The molecule has 0 aromatic heterocycles. The largest absolute Gasteiger partial charge is 0.417 e. The Balaban J connectivity index is 1.39. The lowest BCUT2D eigenvalue weighted by Gasteiger charge is -2.45. The van der Waals surface area contributed by atoms with Crippen LogP contribution in [0.3, 0.4) is 0 Å². The Hall–Kier alpha value is -2.00. The molecule has 0 spiro atoms. The number of halogens is 6. The van der Waals surface area contributed by atoms with E-state index in [2.05, 4.69) is 15.5 Å². The molecule has 5 nitrogen and oxygen atoms in total. The van der Waals surface area contributed by atoms with Crippen molar-refractivity contribution < 1.29 is 22.8 Å². The van der Waals surface area contributed by atoms with Crippen molar-refractivity contribution in [1.29, 1.82) is 0 Å². The summed E-state index contributed by atoms with van der Waals surface area (Å²) in [5.41, 5.74) is -1.03. The number of rotatable bonds is 7. The predicted molar refractivity (Wildman–Crippen MR) is 141 cm³/mol. The predicted octanol–water partition coefficient (Wildman–Crippen LogP) is 5.64. The third kappa shape index (κ3) is 5.64. The van der Waals surface area contributed by atoms with Gasteiger partial charge in [-0.25, -0.2) is 0 Å². The van der Waals surface area contributed by atoms with Crippen LogP contribution in [-0.4, -0.2) is 48.4 Å². The van der Waals surface area contributed by atoms with Gasteiger partial charge in [0.25, 0.3) is 0 Å². The molecule has 2 N–H and O–H groups in total. The van der Waals surface area contributed by atoms with Gasteiger partial charge in [0.2, 0.25) is 11.8 Å². The molecule has 0 unspecified atom stereocenters. The Bertz CT molecular complexity index is 1240. The van der Waals surface area contributed by atoms with Crippen molar-refractivity contribution in [2.45, 2.75) is 55.8 Å². The molecule has 2 atom stereocenters. The summed E-state index contributed by atoms with van der Waals surface area (Å²) in [6.45, 7) is 2.71. The SMILES string of the molecule is O=C(N[C@@H]1CN2CCC1CC2)[C@H](Cc1ccc(Cl)c(C(F)(F)F)c1)NC(=O)C1(c2ccc(Cl)cc2Cl)CC1. The molecule has 3 aliphatic heterocycles. The monoisotopic (exact) mass is 587 g/mol. The molecular formula is C27H27Cl3F3N3O2. The molecule has 1 aliphatic carbocycles. The van der Waals surface area contributed by atoms with Gasteiger partial charge < -0.3 is 15.5 Å². The second-order valence-electron chi connectivity index (χ2n) is 10.5. The summed E-state index contributed by atoms with van der Waals surface area (Å²) < 4.78 is 40.5. The fraction of sp³-hybridized carbons (Fsp3) is 0.481. The van der Waals surface area contributed by atoms with E-state index in [1.165, 1.54) is 12.1 Å². The average molecular weight is 589 g/mol. The molecule has 4 fully saturated rings. The Morgan fingerprint density at radius 2 is 1.74 bits per heavy atom. The zero-order valence-electron chi connectivity index (χ0n) is 20.4. The molecule has 3 saturated heterocycles. The normalized spacial score (nSPS) is 24.5. The van der Waals surface area contributed by atoms with Crippen molar-refractivity contribution in [2.24, 2.45) is 5.92 Å². The van der Waals surface area contributed by atoms with Gasteiger partial charge in [0, 0.05) is 29.1 Å². The summed E-state index contributed by atoms with van der Waals surface area (Å²) in [6, 6.07) is 7.32. The molecular weight excluding hydrogens is 562 g/mol. The van der Waals surface area contributed by atoms with Crippen LogP contribution in [0.25, 0.3) is 0 Å². The van der Waals surface area contributed by atoms with Crippen LogP contribution < -0.4 is 10.6 Å². The van der Waals surface area contributed by atoms with Gasteiger partial charge in [-0.15, -0.1) is 0 Å². The summed E-state index contributed by atoms with van der Waals surface area (Å²) >= 11 is 18.2. The van der Waals surface area contributed by atoms with Gasteiger partial charge in [0.1, 0.15) is 6.04 Å². The smallest absolute Gasteiger partial charge is 0.350 e. The Labute approximate surface area is 234 Å². The summed E-state index contributed by atoms with van der Waals surface area (Å²) in [4.78, 5) is 29.4. The van der Waals surface area contributed by atoms with E-state index in [9.17, 15) is 22.8 Å². The number of benzene rings is 2. The number of carbonyl (C=O) groups is 2. The number of nitrogens with one attached hydrogen (secondary N) is 2. The quantitative estimate of drug-likeness (QED) is 0.441. The Kier molecular flexibility index (Phi) is 7.63. The molecule has 4 aliphatic rings. The maximum absolute atomic E-state index is 13.6. The van der Waals surface area contributed by atoms with Crippen molar-refractivity contribution in [3.63, 3.8) is 0 Å². The summed E-state index contributed by atoms with van der Waals surface area (Å²) in [6.07, 6.45) is -1.74. The summed E-state index contributed by atoms with van der Waals surface area (Å²) in [5.74, 6) is -0.463.